The van der Waals surface area contributed by atoms with Crippen molar-refractivity contribution in [1.82, 2.24) is 0 Å². The summed E-state index contributed by atoms with van der Waals surface area (Å²) in [5, 5.41) is 18.6. The third-order valence-electron chi connectivity index (χ3n) is 3.05. The highest BCUT2D eigenvalue weighted by Gasteiger charge is 2.15. The smallest absolute Gasteiger partial charge is 0.488 e. The molecule has 0 aliphatic carbocycles. The summed E-state index contributed by atoms with van der Waals surface area (Å²) in [5.74, 6) is 0.813. The molecule has 0 aromatic heterocycles. The molecular formula is C15H17BO3. The number of aryl methyl sites for hydroxylation is 2. The second-order valence-electron chi connectivity index (χ2n) is 4.63. The van der Waals surface area contributed by atoms with Crippen LogP contribution in [0.5, 0.6) is 5.75 Å². The highest BCUT2D eigenvalue weighted by molar-refractivity contribution is 6.59. The van der Waals surface area contributed by atoms with Gasteiger partial charge in [0.25, 0.3) is 0 Å². The molecule has 0 spiro atoms. The van der Waals surface area contributed by atoms with Crippen LogP contribution in [-0.2, 0) is 6.61 Å². The molecule has 0 aliphatic rings. The molecular weight excluding hydrogens is 239 g/mol. The average Bonchev–Trinajstić information content (AvgIpc) is 2.38. The fourth-order valence-corrected chi connectivity index (χ4v) is 2.03. The molecule has 0 saturated heterocycles. The molecule has 0 heterocycles. The lowest BCUT2D eigenvalue weighted by Gasteiger charge is -2.12. The topological polar surface area (TPSA) is 49.7 Å². The van der Waals surface area contributed by atoms with Gasteiger partial charge in [-0.1, -0.05) is 42.0 Å². The van der Waals surface area contributed by atoms with Crippen LogP contribution in [0.2, 0.25) is 0 Å². The first-order valence-corrected chi connectivity index (χ1v) is 6.22. The molecule has 19 heavy (non-hydrogen) atoms. The van der Waals surface area contributed by atoms with Crippen LogP contribution in [0, 0.1) is 13.8 Å². The van der Waals surface area contributed by atoms with Crippen molar-refractivity contribution >= 4 is 12.6 Å². The van der Waals surface area contributed by atoms with E-state index in [9.17, 15) is 10.0 Å². The maximum absolute atomic E-state index is 9.29. The third-order valence-corrected chi connectivity index (χ3v) is 3.05. The summed E-state index contributed by atoms with van der Waals surface area (Å²) in [5.41, 5.74) is 3.52. The fraction of sp³-hybridized carbons (Fsp3) is 0.200. The molecule has 0 amide bonds. The van der Waals surface area contributed by atoms with Gasteiger partial charge in [-0.25, -0.2) is 0 Å². The minimum Gasteiger partial charge on any atom is -0.489 e. The molecule has 3 nitrogen and oxygen atoms in total. The summed E-state index contributed by atoms with van der Waals surface area (Å²) < 4.78 is 5.75. The minimum absolute atomic E-state index is 0.317. The second kappa shape index (κ2) is 5.91. The molecule has 4 heteroatoms. The molecule has 0 unspecified atom stereocenters. The Bertz CT molecular complexity index is 567. The number of hydrogen-bond acceptors (Lipinski definition) is 3. The van der Waals surface area contributed by atoms with Crippen molar-refractivity contribution in [3.8, 4) is 5.75 Å². The Morgan fingerprint density at radius 2 is 1.79 bits per heavy atom. The van der Waals surface area contributed by atoms with Gasteiger partial charge in [-0.3, -0.25) is 0 Å². The molecule has 0 fully saturated rings. The van der Waals surface area contributed by atoms with Crippen molar-refractivity contribution in [2.45, 2.75) is 20.5 Å². The quantitative estimate of drug-likeness (QED) is 0.816. The minimum atomic E-state index is -1.47. The van der Waals surface area contributed by atoms with Gasteiger partial charge >= 0.3 is 7.12 Å². The molecule has 98 valence electrons. The van der Waals surface area contributed by atoms with Crippen LogP contribution >= 0.6 is 0 Å². The first-order valence-electron chi connectivity index (χ1n) is 6.22. The maximum atomic E-state index is 9.29. The summed E-state index contributed by atoms with van der Waals surface area (Å²) in [4.78, 5) is 0. The van der Waals surface area contributed by atoms with E-state index in [1.54, 1.807) is 12.1 Å². The molecule has 0 atom stereocenters. The Morgan fingerprint density at radius 3 is 2.47 bits per heavy atom. The summed E-state index contributed by atoms with van der Waals surface area (Å²) in [6, 6.07) is 13.1. The van der Waals surface area contributed by atoms with Crippen LogP contribution in [0.3, 0.4) is 0 Å². The van der Waals surface area contributed by atoms with Crippen molar-refractivity contribution in [2.24, 2.45) is 0 Å². The van der Waals surface area contributed by atoms with Crippen LogP contribution in [0.15, 0.2) is 42.5 Å². The Labute approximate surface area is 113 Å². The lowest BCUT2D eigenvalue weighted by Crippen LogP contribution is -2.33. The summed E-state index contributed by atoms with van der Waals surface area (Å²) >= 11 is 0. The van der Waals surface area contributed by atoms with Gasteiger partial charge in [0.2, 0.25) is 0 Å². The van der Waals surface area contributed by atoms with Crippen LogP contribution in [0.1, 0.15) is 16.7 Å². The molecule has 2 aromatic rings. The van der Waals surface area contributed by atoms with E-state index in [1.807, 2.05) is 38.1 Å². The SMILES string of the molecule is Cc1ccc(OCc2ccccc2B(O)O)c(C)c1. The zero-order valence-corrected chi connectivity index (χ0v) is 11.1. The number of hydrogen-bond donors (Lipinski definition) is 2. The van der Waals surface area contributed by atoms with Crippen LogP contribution in [0.25, 0.3) is 0 Å². The van der Waals surface area contributed by atoms with E-state index >= 15 is 0 Å². The molecule has 2 rings (SSSR count). The van der Waals surface area contributed by atoms with Gasteiger partial charge < -0.3 is 14.8 Å². The number of ether oxygens (including phenoxy) is 1. The van der Waals surface area contributed by atoms with E-state index in [0.29, 0.717) is 12.1 Å². The Balaban J connectivity index is 2.14. The molecule has 0 aliphatic heterocycles. The van der Waals surface area contributed by atoms with Crippen molar-refractivity contribution in [1.29, 1.82) is 0 Å². The molecule has 2 N–H and O–H groups in total. The predicted molar refractivity (Wildman–Crippen MR) is 76.5 cm³/mol. The van der Waals surface area contributed by atoms with Crippen molar-refractivity contribution in [3.63, 3.8) is 0 Å². The van der Waals surface area contributed by atoms with E-state index in [1.165, 1.54) is 5.56 Å². The van der Waals surface area contributed by atoms with E-state index in [2.05, 4.69) is 6.07 Å². The normalized spacial score (nSPS) is 10.3. The first-order chi connectivity index (χ1) is 9.08. The Hall–Kier alpha value is -1.78. The third kappa shape index (κ3) is 3.37. The van der Waals surface area contributed by atoms with Gasteiger partial charge in [0.15, 0.2) is 0 Å². The van der Waals surface area contributed by atoms with Crippen LogP contribution in [-0.4, -0.2) is 17.2 Å². The lowest BCUT2D eigenvalue weighted by molar-refractivity contribution is 0.304. The summed E-state index contributed by atoms with van der Waals surface area (Å²) in [7, 11) is -1.47. The second-order valence-corrected chi connectivity index (χ2v) is 4.63. The van der Waals surface area contributed by atoms with E-state index < -0.39 is 7.12 Å². The fourth-order valence-electron chi connectivity index (χ4n) is 2.03. The molecule has 0 bridgehead atoms. The first kappa shape index (κ1) is 13.7. The summed E-state index contributed by atoms with van der Waals surface area (Å²) in [6.45, 7) is 4.35. The highest BCUT2D eigenvalue weighted by atomic mass is 16.5. The van der Waals surface area contributed by atoms with Crippen molar-refractivity contribution in [2.75, 3.05) is 0 Å². The summed E-state index contributed by atoms with van der Waals surface area (Å²) in [6.07, 6.45) is 0. The standard InChI is InChI=1S/C15H17BO3/c1-11-7-8-15(12(2)9-11)19-10-13-5-3-4-6-14(13)16(17)18/h3-9,17-18H,10H2,1-2H3. The molecule has 0 saturated carbocycles. The zero-order chi connectivity index (χ0) is 13.8. The van der Waals surface area contributed by atoms with E-state index in [0.717, 1.165) is 16.9 Å². The van der Waals surface area contributed by atoms with Crippen LogP contribution in [0.4, 0.5) is 0 Å². The lowest BCUT2D eigenvalue weighted by atomic mass is 9.77. The Kier molecular flexibility index (Phi) is 4.25. The largest absolute Gasteiger partial charge is 0.489 e. The highest BCUT2D eigenvalue weighted by Crippen LogP contribution is 2.19. The van der Waals surface area contributed by atoms with Gasteiger partial charge in [-0.2, -0.15) is 0 Å². The molecule has 2 aromatic carbocycles. The maximum Gasteiger partial charge on any atom is 0.488 e. The van der Waals surface area contributed by atoms with Gasteiger partial charge in [-0.05, 0) is 36.5 Å². The average molecular weight is 256 g/mol. The van der Waals surface area contributed by atoms with Crippen LogP contribution < -0.4 is 10.2 Å². The van der Waals surface area contributed by atoms with E-state index in [4.69, 9.17) is 4.74 Å². The van der Waals surface area contributed by atoms with Gasteiger partial charge in [0.1, 0.15) is 12.4 Å². The Morgan fingerprint density at radius 1 is 1.05 bits per heavy atom. The predicted octanol–water partition coefficient (Wildman–Crippen LogP) is 1.56. The zero-order valence-electron chi connectivity index (χ0n) is 11.1. The van der Waals surface area contributed by atoms with Gasteiger partial charge in [-0.15, -0.1) is 0 Å². The number of rotatable bonds is 4. The van der Waals surface area contributed by atoms with Crippen molar-refractivity contribution in [3.05, 3.63) is 59.2 Å². The van der Waals surface area contributed by atoms with Gasteiger partial charge in [0, 0.05) is 0 Å². The monoisotopic (exact) mass is 256 g/mol. The van der Waals surface area contributed by atoms with E-state index in [-0.39, 0.29) is 0 Å². The molecule has 0 radical (unpaired) electrons. The van der Waals surface area contributed by atoms with Gasteiger partial charge in [0.05, 0.1) is 0 Å². The number of benzene rings is 2. The van der Waals surface area contributed by atoms with Crippen molar-refractivity contribution < 1.29 is 14.8 Å².